The summed E-state index contributed by atoms with van der Waals surface area (Å²) >= 11 is 0. The van der Waals surface area contributed by atoms with Crippen molar-refractivity contribution in [2.45, 2.75) is 29.3 Å². The Hall–Kier alpha value is -0.620. The molecule has 1 unspecified atom stereocenters. The summed E-state index contributed by atoms with van der Waals surface area (Å²) in [6.07, 6.45) is 1.41. The fourth-order valence-electron chi connectivity index (χ4n) is 2.36. The second kappa shape index (κ2) is 2.93. The van der Waals surface area contributed by atoms with E-state index in [2.05, 4.69) is 5.32 Å². The normalized spacial score (nSPS) is 33.6. The highest BCUT2D eigenvalue weighted by molar-refractivity contribution is 7.95. The Balaban J connectivity index is 2.23. The number of piperidine rings is 1. The van der Waals surface area contributed by atoms with Crippen molar-refractivity contribution in [3.8, 4) is 0 Å². The number of hydrogen-bond acceptors (Lipinski definition) is 4. The first-order valence-electron chi connectivity index (χ1n) is 4.67. The maximum atomic E-state index is 11.8. The summed E-state index contributed by atoms with van der Waals surface area (Å²) in [6, 6.07) is 0. The minimum atomic E-state index is -3.42. The number of carboxylic acids is 1. The molecule has 14 heavy (non-hydrogen) atoms. The van der Waals surface area contributed by atoms with Crippen LogP contribution in [0.25, 0.3) is 0 Å². The van der Waals surface area contributed by atoms with Crippen LogP contribution in [0.15, 0.2) is 0 Å². The van der Waals surface area contributed by atoms with Crippen molar-refractivity contribution in [2.75, 3.05) is 13.1 Å². The number of nitrogens with one attached hydrogen (secondary N) is 1. The van der Waals surface area contributed by atoms with Crippen molar-refractivity contribution < 1.29 is 18.3 Å². The predicted molar refractivity (Wildman–Crippen MR) is 49.8 cm³/mol. The van der Waals surface area contributed by atoms with Gasteiger partial charge in [0.25, 0.3) is 0 Å². The molecule has 0 amide bonds. The fraction of sp³-hybridized carbons (Fsp3) is 0.875. The minimum absolute atomic E-state index is 0.298. The zero-order chi connectivity index (χ0) is 10.4. The molecule has 0 aromatic heterocycles. The summed E-state index contributed by atoms with van der Waals surface area (Å²) in [5.74, 6) is -1.20. The minimum Gasteiger partial charge on any atom is -0.480 e. The molecule has 0 radical (unpaired) electrons. The zero-order valence-electron chi connectivity index (χ0n) is 7.69. The highest BCUT2D eigenvalue weighted by Crippen LogP contribution is 2.46. The van der Waals surface area contributed by atoms with Crippen molar-refractivity contribution in [2.24, 2.45) is 0 Å². The summed E-state index contributed by atoms with van der Waals surface area (Å²) in [5.41, 5.74) is 0. The van der Waals surface area contributed by atoms with E-state index in [1.165, 1.54) is 0 Å². The molecule has 6 heteroatoms. The lowest BCUT2D eigenvalue weighted by atomic mass is 9.90. The van der Waals surface area contributed by atoms with E-state index in [4.69, 9.17) is 5.11 Å². The van der Waals surface area contributed by atoms with Crippen LogP contribution >= 0.6 is 0 Å². The third-order valence-corrected chi connectivity index (χ3v) is 6.23. The molecule has 0 bridgehead atoms. The van der Waals surface area contributed by atoms with Gasteiger partial charge in [-0.15, -0.1) is 0 Å². The lowest BCUT2D eigenvalue weighted by molar-refractivity contribution is -0.137. The van der Waals surface area contributed by atoms with E-state index in [9.17, 15) is 13.2 Å². The quantitative estimate of drug-likeness (QED) is 0.614. The van der Waals surface area contributed by atoms with Crippen molar-refractivity contribution in [3.63, 3.8) is 0 Å². The van der Waals surface area contributed by atoms with Crippen LogP contribution in [-0.4, -0.2) is 42.6 Å². The van der Waals surface area contributed by atoms with Gasteiger partial charge in [-0.05, 0) is 32.4 Å². The van der Waals surface area contributed by atoms with Crippen LogP contribution in [-0.2, 0) is 14.6 Å². The molecule has 2 N–H and O–H groups in total. The molecule has 2 fully saturated rings. The summed E-state index contributed by atoms with van der Waals surface area (Å²) < 4.78 is 22.8. The average molecular weight is 219 g/mol. The molecule has 0 aliphatic carbocycles. The Morgan fingerprint density at radius 3 is 2.36 bits per heavy atom. The third-order valence-electron chi connectivity index (χ3n) is 3.33. The van der Waals surface area contributed by atoms with Crippen LogP contribution < -0.4 is 5.32 Å². The molecule has 2 heterocycles. The van der Waals surface area contributed by atoms with Gasteiger partial charge < -0.3 is 10.4 Å². The third kappa shape index (κ3) is 1.10. The molecule has 2 saturated heterocycles. The largest absolute Gasteiger partial charge is 0.480 e. The van der Waals surface area contributed by atoms with Gasteiger partial charge in [-0.3, -0.25) is 4.79 Å². The molecule has 0 saturated carbocycles. The summed E-state index contributed by atoms with van der Waals surface area (Å²) in [6.45, 7) is 1.34. The first-order chi connectivity index (χ1) is 6.50. The second-order valence-electron chi connectivity index (χ2n) is 4.01. The Morgan fingerprint density at radius 2 is 1.93 bits per heavy atom. The molecule has 2 aliphatic rings. The molecule has 0 aromatic rings. The van der Waals surface area contributed by atoms with E-state index in [1.807, 2.05) is 0 Å². The maximum absolute atomic E-state index is 11.8. The van der Waals surface area contributed by atoms with Crippen LogP contribution in [0.4, 0.5) is 0 Å². The number of aliphatic carboxylic acids is 1. The number of hydrogen-bond donors (Lipinski definition) is 2. The topological polar surface area (TPSA) is 83.5 Å². The Bertz CT molecular complexity index is 356. The van der Waals surface area contributed by atoms with Gasteiger partial charge in [-0.25, -0.2) is 8.42 Å². The van der Waals surface area contributed by atoms with Crippen LogP contribution in [0.5, 0.6) is 0 Å². The standard InChI is InChI=1S/C8H13NO4S/c10-7(11)6-5-8(14(6,12)13)1-3-9-4-2-8/h6,9H,1-5H2,(H,10,11). The Morgan fingerprint density at radius 1 is 1.36 bits per heavy atom. The highest BCUT2D eigenvalue weighted by atomic mass is 32.2. The summed E-state index contributed by atoms with van der Waals surface area (Å²) in [4.78, 5) is 10.6. The Labute approximate surface area is 82.4 Å². The van der Waals surface area contributed by atoms with E-state index < -0.39 is 25.8 Å². The lowest BCUT2D eigenvalue weighted by Gasteiger charge is -2.47. The fourth-order valence-corrected chi connectivity index (χ4v) is 4.64. The van der Waals surface area contributed by atoms with E-state index in [-0.39, 0.29) is 0 Å². The van der Waals surface area contributed by atoms with Gasteiger partial charge in [0.2, 0.25) is 0 Å². The van der Waals surface area contributed by atoms with Crippen LogP contribution in [0, 0.1) is 0 Å². The van der Waals surface area contributed by atoms with Gasteiger partial charge in [0, 0.05) is 0 Å². The predicted octanol–water partition coefficient (Wildman–Crippen LogP) is -0.620. The van der Waals surface area contributed by atoms with E-state index in [0.29, 0.717) is 32.4 Å². The molecule has 2 aliphatic heterocycles. The van der Waals surface area contributed by atoms with Crippen LogP contribution in [0.1, 0.15) is 19.3 Å². The van der Waals surface area contributed by atoms with Gasteiger partial charge in [0.05, 0.1) is 4.75 Å². The number of carboxylic acid groups (broad SMARTS) is 1. The van der Waals surface area contributed by atoms with Crippen molar-refractivity contribution in [3.05, 3.63) is 0 Å². The Kier molecular flexibility index (Phi) is 2.08. The van der Waals surface area contributed by atoms with Gasteiger partial charge >= 0.3 is 5.97 Å². The SMILES string of the molecule is O=C(O)C1CC2(CCNCC2)S1(=O)=O. The second-order valence-corrected chi connectivity index (χ2v) is 6.53. The van der Waals surface area contributed by atoms with Gasteiger partial charge in [0.1, 0.15) is 0 Å². The number of sulfone groups is 1. The summed E-state index contributed by atoms with van der Waals surface area (Å²) in [7, 11) is -3.42. The maximum Gasteiger partial charge on any atom is 0.321 e. The first kappa shape index (κ1) is 9.92. The van der Waals surface area contributed by atoms with Gasteiger partial charge in [-0.2, -0.15) is 0 Å². The van der Waals surface area contributed by atoms with Crippen molar-refractivity contribution in [1.29, 1.82) is 0 Å². The molecular weight excluding hydrogens is 206 g/mol. The molecule has 1 atom stereocenters. The average Bonchev–Trinajstić information content (AvgIpc) is 2.15. The van der Waals surface area contributed by atoms with Crippen molar-refractivity contribution in [1.82, 2.24) is 5.32 Å². The lowest BCUT2D eigenvalue weighted by Crippen LogP contribution is -2.63. The van der Waals surface area contributed by atoms with E-state index in [1.54, 1.807) is 0 Å². The zero-order valence-corrected chi connectivity index (χ0v) is 8.51. The molecule has 80 valence electrons. The van der Waals surface area contributed by atoms with Crippen molar-refractivity contribution >= 4 is 15.8 Å². The summed E-state index contributed by atoms with van der Waals surface area (Å²) in [5, 5.41) is 10.6. The molecule has 2 rings (SSSR count). The smallest absolute Gasteiger partial charge is 0.321 e. The molecule has 1 spiro atoms. The van der Waals surface area contributed by atoms with Crippen LogP contribution in [0.2, 0.25) is 0 Å². The first-order valence-corrected chi connectivity index (χ1v) is 6.21. The molecule has 0 aromatic carbocycles. The number of carbonyl (C=O) groups is 1. The highest BCUT2D eigenvalue weighted by Gasteiger charge is 2.62. The van der Waals surface area contributed by atoms with E-state index >= 15 is 0 Å². The molecule has 5 nitrogen and oxygen atoms in total. The van der Waals surface area contributed by atoms with Crippen LogP contribution in [0.3, 0.4) is 0 Å². The van der Waals surface area contributed by atoms with Gasteiger partial charge in [0.15, 0.2) is 15.1 Å². The van der Waals surface area contributed by atoms with Gasteiger partial charge in [-0.1, -0.05) is 0 Å². The number of rotatable bonds is 1. The monoisotopic (exact) mass is 219 g/mol. The molecular formula is C8H13NO4S. The van der Waals surface area contributed by atoms with E-state index in [0.717, 1.165) is 0 Å².